The Kier molecular flexibility index (Phi) is 4.54. The van der Waals surface area contributed by atoms with Crippen molar-refractivity contribution in [1.29, 1.82) is 0 Å². The van der Waals surface area contributed by atoms with E-state index < -0.39 is 18.1 Å². The summed E-state index contributed by atoms with van der Waals surface area (Å²) in [6.45, 7) is 3.81. The highest BCUT2D eigenvalue weighted by Crippen LogP contribution is 2.48. The minimum Gasteiger partial charge on any atom is -0.480 e. The number of rotatable bonds is 5. The Balaban J connectivity index is 1.76. The molecule has 6 nitrogen and oxygen atoms in total. The Morgan fingerprint density at radius 1 is 1.38 bits per heavy atom. The second-order valence-corrected chi connectivity index (χ2v) is 7.64. The van der Waals surface area contributed by atoms with Crippen molar-refractivity contribution in [2.24, 2.45) is 5.92 Å². The zero-order valence-corrected chi connectivity index (χ0v) is 14.4. The van der Waals surface area contributed by atoms with E-state index in [4.69, 9.17) is 0 Å². The largest absolute Gasteiger partial charge is 0.480 e. The van der Waals surface area contributed by atoms with Gasteiger partial charge in [0.2, 0.25) is 5.91 Å². The summed E-state index contributed by atoms with van der Waals surface area (Å²) >= 11 is 1.54. The molecule has 2 aliphatic heterocycles. The molecule has 0 spiro atoms. The number of fused-ring (bicyclic) bond motifs is 3. The van der Waals surface area contributed by atoms with Crippen LogP contribution < -0.4 is 5.32 Å². The van der Waals surface area contributed by atoms with E-state index in [1.807, 2.05) is 32.0 Å². The highest BCUT2D eigenvalue weighted by atomic mass is 32.2. The predicted molar refractivity (Wildman–Crippen MR) is 90.6 cm³/mol. The number of amides is 2. The van der Waals surface area contributed by atoms with E-state index in [9.17, 15) is 19.5 Å². The van der Waals surface area contributed by atoms with Crippen LogP contribution in [0.15, 0.2) is 24.3 Å². The minimum atomic E-state index is -1.05. The SMILES string of the molecule is CC(C)C[C@@H](NC(=O)[C@@H]1CS[C@H]2c3ccccc3C(=O)N12)C(=O)O. The lowest BCUT2D eigenvalue weighted by molar-refractivity contribution is -0.142. The van der Waals surface area contributed by atoms with Gasteiger partial charge in [0.15, 0.2) is 0 Å². The van der Waals surface area contributed by atoms with Gasteiger partial charge in [0, 0.05) is 11.3 Å². The highest BCUT2D eigenvalue weighted by molar-refractivity contribution is 7.99. The first kappa shape index (κ1) is 16.8. The van der Waals surface area contributed by atoms with Crippen LogP contribution in [0.2, 0.25) is 0 Å². The molecule has 2 amide bonds. The Morgan fingerprint density at radius 2 is 2.08 bits per heavy atom. The molecule has 0 aliphatic carbocycles. The second kappa shape index (κ2) is 6.47. The van der Waals surface area contributed by atoms with Crippen molar-refractivity contribution in [1.82, 2.24) is 10.2 Å². The van der Waals surface area contributed by atoms with Crippen LogP contribution in [-0.4, -0.2) is 45.6 Å². The second-order valence-electron chi connectivity index (χ2n) is 6.53. The molecule has 128 valence electrons. The average molecular weight is 348 g/mol. The zero-order valence-electron chi connectivity index (χ0n) is 13.6. The number of carboxylic acid groups (broad SMARTS) is 1. The van der Waals surface area contributed by atoms with Gasteiger partial charge in [-0.25, -0.2) is 4.79 Å². The van der Waals surface area contributed by atoms with Gasteiger partial charge in [-0.05, 0) is 24.0 Å². The van der Waals surface area contributed by atoms with Crippen molar-refractivity contribution < 1.29 is 19.5 Å². The first-order chi connectivity index (χ1) is 11.4. The van der Waals surface area contributed by atoms with Gasteiger partial charge < -0.3 is 15.3 Å². The normalized spacial score (nSPS) is 23.1. The molecule has 1 saturated heterocycles. The summed E-state index contributed by atoms with van der Waals surface area (Å²) in [6.07, 6.45) is 0.360. The third-order valence-corrected chi connectivity index (χ3v) is 5.62. The van der Waals surface area contributed by atoms with Gasteiger partial charge in [-0.3, -0.25) is 9.59 Å². The number of carbonyl (C=O) groups is 3. The van der Waals surface area contributed by atoms with Crippen LogP contribution in [0.1, 0.15) is 41.6 Å². The van der Waals surface area contributed by atoms with Crippen LogP contribution in [0, 0.1) is 5.92 Å². The Hall–Kier alpha value is -2.02. The molecule has 0 radical (unpaired) electrons. The number of benzene rings is 1. The number of nitrogens with zero attached hydrogens (tertiary/aromatic N) is 1. The quantitative estimate of drug-likeness (QED) is 0.848. The fraction of sp³-hybridized carbons (Fsp3) is 0.471. The molecule has 2 heterocycles. The molecule has 0 bridgehead atoms. The molecule has 0 aromatic heterocycles. The van der Waals surface area contributed by atoms with E-state index >= 15 is 0 Å². The van der Waals surface area contributed by atoms with Crippen LogP contribution in [0.3, 0.4) is 0 Å². The van der Waals surface area contributed by atoms with Gasteiger partial charge in [0.1, 0.15) is 17.5 Å². The lowest BCUT2D eigenvalue weighted by Gasteiger charge is -2.25. The van der Waals surface area contributed by atoms with Gasteiger partial charge >= 0.3 is 5.97 Å². The van der Waals surface area contributed by atoms with E-state index in [1.54, 1.807) is 22.7 Å². The summed E-state index contributed by atoms with van der Waals surface area (Å²) in [7, 11) is 0. The first-order valence-corrected chi connectivity index (χ1v) is 9.01. The number of hydrogen-bond acceptors (Lipinski definition) is 4. The van der Waals surface area contributed by atoms with Crippen LogP contribution in [0.25, 0.3) is 0 Å². The van der Waals surface area contributed by atoms with Crippen molar-refractivity contribution in [3.8, 4) is 0 Å². The maximum absolute atomic E-state index is 12.6. The Labute approximate surface area is 144 Å². The topological polar surface area (TPSA) is 86.7 Å². The number of thioether (sulfide) groups is 1. The summed E-state index contributed by atoms with van der Waals surface area (Å²) in [5.41, 5.74) is 1.56. The van der Waals surface area contributed by atoms with E-state index in [0.29, 0.717) is 17.7 Å². The number of nitrogens with one attached hydrogen (secondary N) is 1. The molecule has 7 heteroatoms. The van der Waals surface area contributed by atoms with Gasteiger partial charge in [-0.15, -0.1) is 11.8 Å². The lowest BCUT2D eigenvalue weighted by atomic mass is 10.0. The van der Waals surface area contributed by atoms with Crippen molar-refractivity contribution in [2.75, 3.05) is 5.75 Å². The number of carbonyl (C=O) groups excluding carboxylic acids is 2. The van der Waals surface area contributed by atoms with Gasteiger partial charge in [0.05, 0.1) is 0 Å². The maximum Gasteiger partial charge on any atom is 0.326 e. The molecule has 3 atom stereocenters. The molecule has 3 rings (SSSR count). The molecular formula is C17H20N2O4S. The number of aliphatic carboxylic acids is 1. The van der Waals surface area contributed by atoms with Crippen LogP contribution >= 0.6 is 11.8 Å². The molecule has 2 N–H and O–H groups in total. The van der Waals surface area contributed by atoms with Crippen molar-refractivity contribution in [3.63, 3.8) is 0 Å². The number of carboxylic acids is 1. The monoisotopic (exact) mass is 348 g/mol. The fourth-order valence-corrected chi connectivity index (χ4v) is 4.67. The summed E-state index contributed by atoms with van der Waals surface area (Å²) in [6, 6.07) is 5.80. The van der Waals surface area contributed by atoms with E-state index in [1.165, 1.54) is 0 Å². The summed E-state index contributed by atoms with van der Waals surface area (Å²) in [5.74, 6) is -0.967. The summed E-state index contributed by atoms with van der Waals surface area (Å²) in [4.78, 5) is 38.1. The fourth-order valence-electron chi connectivity index (χ4n) is 3.20. The molecule has 1 fully saturated rings. The Bertz CT molecular complexity index is 691. The lowest BCUT2D eigenvalue weighted by Crippen LogP contribution is -2.51. The highest BCUT2D eigenvalue weighted by Gasteiger charge is 2.48. The van der Waals surface area contributed by atoms with Gasteiger partial charge in [-0.1, -0.05) is 32.0 Å². The van der Waals surface area contributed by atoms with Crippen LogP contribution in [0.5, 0.6) is 0 Å². The van der Waals surface area contributed by atoms with Crippen molar-refractivity contribution in [3.05, 3.63) is 35.4 Å². The van der Waals surface area contributed by atoms with Gasteiger partial charge in [-0.2, -0.15) is 0 Å². The standard InChI is InChI=1S/C17H20N2O4S/c1-9(2)7-12(17(22)23)18-14(20)13-8-24-16-11-6-4-3-5-10(11)15(21)19(13)16/h3-6,9,12-13,16H,7-8H2,1-2H3,(H,18,20)(H,22,23)/t12-,13+,16+/m1/s1. The van der Waals surface area contributed by atoms with Gasteiger partial charge in [0.25, 0.3) is 5.91 Å². The zero-order chi connectivity index (χ0) is 17.4. The van der Waals surface area contributed by atoms with E-state index in [2.05, 4.69) is 5.32 Å². The third-order valence-electron chi connectivity index (χ3n) is 4.32. The molecule has 2 aliphatic rings. The third kappa shape index (κ3) is 2.88. The van der Waals surface area contributed by atoms with Crippen molar-refractivity contribution in [2.45, 2.75) is 37.7 Å². The molecular weight excluding hydrogens is 328 g/mol. The molecule has 1 aromatic carbocycles. The molecule has 1 aromatic rings. The smallest absolute Gasteiger partial charge is 0.326 e. The van der Waals surface area contributed by atoms with E-state index in [0.717, 1.165) is 5.56 Å². The molecule has 0 saturated carbocycles. The molecule has 24 heavy (non-hydrogen) atoms. The predicted octanol–water partition coefficient (Wildman–Crippen LogP) is 1.87. The number of hydrogen-bond donors (Lipinski definition) is 2. The minimum absolute atomic E-state index is 0.148. The van der Waals surface area contributed by atoms with Crippen LogP contribution in [0.4, 0.5) is 0 Å². The Morgan fingerprint density at radius 3 is 2.75 bits per heavy atom. The summed E-state index contributed by atoms with van der Waals surface area (Å²) < 4.78 is 0. The van der Waals surface area contributed by atoms with Crippen LogP contribution in [-0.2, 0) is 9.59 Å². The average Bonchev–Trinajstić information content (AvgIpc) is 3.07. The maximum atomic E-state index is 12.6. The molecule has 0 unspecified atom stereocenters. The van der Waals surface area contributed by atoms with Crippen molar-refractivity contribution >= 4 is 29.5 Å². The summed E-state index contributed by atoms with van der Waals surface area (Å²) in [5, 5.41) is 11.7. The first-order valence-electron chi connectivity index (χ1n) is 7.96. The van der Waals surface area contributed by atoms with E-state index in [-0.39, 0.29) is 23.1 Å².